The van der Waals surface area contributed by atoms with E-state index in [1.54, 1.807) is 24.4 Å². The van der Waals surface area contributed by atoms with Gasteiger partial charge in [-0.3, -0.25) is 0 Å². The third-order valence-electron chi connectivity index (χ3n) is 2.02. The van der Waals surface area contributed by atoms with Gasteiger partial charge in [-0.15, -0.1) is 0 Å². The van der Waals surface area contributed by atoms with Crippen LogP contribution in [0.15, 0.2) is 29.4 Å². The highest BCUT2D eigenvalue weighted by atomic mass is 19.3. The summed E-state index contributed by atoms with van der Waals surface area (Å²) in [5.74, 6) is 0. The summed E-state index contributed by atoms with van der Waals surface area (Å²) in [7, 11) is 0. The Hall–Kier alpha value is -1.45. The number of benzene rings is 1. The molecule has 0 aliphatic heterocycles. The fraction of sp³-hybridized carbons (Fsp3) is 0.462. The summed E-state index contributed by atoms with van der Waals surface area (Å²) in [6.45, 7) is 6.00. The van der Waals surface area contributed by atoms with Crippen molar-refractivity contribution in [2.24, 2.45) is 10.6 Å². The highest BCUT2D eigenvalue weighted by Gasteiger charge is 2.12. The Morgan fingerprint density at radius 1 is 1.29 bits per heavy atom. The Labute approximate surface area is 100 Å². The van der Waals surface area contributed by atoms with Crippen LogP contribution in [-0.2, 0) is 11.4 Å². The van der Waals surface area contributed by atoms with Gasteiger partial charge in [-0.05, 0) is 0 Å². The fourth-order valence-corrected chi connectivity index (χ4v) is 1.18. The first-order valence-corrected chi connectivity index (χ1v) is 5.42. The molecule has 0 aliphatic rings. The van der Waals surface area contributed by atoms with E-state index >= 15 is 0 Å². The Kier molecular flexibility index (Phi) is 4.61. The van der Waals surface area contributed by atoms with E-state index in [-0.39, 0.29) is 17.6 Å². The molecule has 1 aromatic carbocycles. The summed E-state index contributed by atoms with van der Waals surface area (Å²) in [5, 5.41) is 3.77. The van der Waals surface area contributed by atoms with Gasteiger partial charge in [-0.2, -0.15) is 0 Å². The lowest BCUT2D eigenvalue weighted by Crippen LogP contribution is -2.06. The molecule has 2 nitrogen and oxygen atoms in total. The topological polar surface area (TPSA) is 21.6 Å². The van der Waals surface area contributed by atoms with Crippen molar-refractivity contribution in [1.82, 2.24) is 0 Å². The molecular formula is C13H17F2NO. The number of hydrogen-bond acceptors (Lipinski definition) is 2. The molecular weight excluding hydrogens is 224 g/mol. The zero-order valence-electron chi connectivity index (χ0n) is 10.3. The lowest BCUT2D eigenvalue weighted by Gasteiger charge is -2.10. The second-order valence-corrected chi connectivity index (χ2v) is 4.87. The molecule has 0 saturated heterocycles. The average molecular weight is 241 g/mol. The maximum absolute atomic E-state index is 12.6. The molecule has 0 fully saturated rings. The third kappa shape index (κ3) is 4.93. The zero-order chi connectivity index (χ0) is 12.9. The summed E-state index contributed by atoms with van der Waals surface area (Å²) in [6, 6.07) is 6.31. The second kappa shape index (κ2) is 5.75. The van der Waals surface area contributed by atoms with E-state index in [9.17, 15) is 8.78 Å². The minimum atomic E-state index is -2.48. The van der Waals surface area contributed by atoms with Crippen molar-refractivity contribution in [3.05, 3.63) is 35.4 Å². The largest absolute Gasteiger partial charge is 0.391 e. The molecule has 0 saturated carbocycles. The van der Waals surface area contributed by atoms with Crippen LogP contribution in [0.2, 0.25) is 0 Å². The van der Waals surface area contributed by atoms with Gasteiger partial charge in [-0.1, -0.05) is 50.2 Å². The van der Waals surface area contributed by atoms with Crippen LogP contribution in [0.4, 0.5) is 8.78 Å². The average Bonchev–Trinajstić information content (AvgIpc) is 2.23. The van der Waals surface area contributed by atoms with E-state index in [0.29, 0.717) is 5.56 Å². The molecule has 0 heterocycles. The minimum absolute atomic E-state index is 0.00143. The number of rotatable bonds is 4. The molecule has 4 heteroatoms. The Balaban J connectivity index is 2.61. The van der Waals surface area contributed by atoms with Crippen molar-refractivity contribution < 1.29 is 13.6 Å². The van der Waals surface area contributed by atoms with Gasteiger partial charge in [0.05, 0.1) is 0 Å². The smallest absolute Gasteiger partial charge is 0.264 e. The first-order chi connectivity index (χ1) is 7.90. The predicted octanol–water partition coefficient (Wildman–Crippen LogP) is 4.17. The van der Waals surface area contributed by atoms with Crippen LogP contribution < -0.4 is 0 Å². The second-order valence-electron chi connectivity index (χ2n) is 4.87. The van der Waals surface area contributed by atoms with E-state index in [1.165, 1.54) is 6.07 Å². The SMILES string of the molecule is CC(C)(C)C=NOCc1ccccc1C(F)F. The van der Waals surface area contributed by atoms with Gasteiger partial charge in [0, 0.05) is 22.8 Å². The lowest BCUT2D eigenvalue weighted by molar-refractivity contribution is 0.118. The first kappa shape index (κ1) is 13.6. The molecule has 0 aromatic heterocycles. The maximum atomic E-state index is 12.6. The van der Waals surface area contributed by atoms with E-state index < -0.39 is 6.43 Å². The molecule has 0 amide bonds. The Morgan fingerprint density at radius 2 is 1.94 bits per heavy atom. The molecule has 17 heavy (non-hydrogen) atoms. The van der Waals surface area contributed by atoms with Crippen LogP contribution in [0.3, 0.4) is 0 Å². The van der Waals surface area contributed by atoms with Gasteiger partial charge < -0.3 is 4.84 Å². The molecule has 0 bridgehead atoms. The molecule has 0 N–H and O–H groups in total. The van der Waals surface area contributed by atoms with Crippen LogP contribution >= 0.6 is 0 Å². The van der Waals surface area contributed by atoms with E-state index in [4.69, 9.17) is 4.84 Å². The number of hydrogen-bond donors (Lipinski definition) is 0. The molecule has 0 aliphatic carbocycles. The summed E-state index contributed by atoms with van der Waals surface area (Å²) < 4.78 is 25.3. The predicted molar refractivity (Wildman–Crippen MR) is 64.1 cm³/mol. The molecule has 0 unspecified atom stereocenters. The maximum Gasteiger partial charge on any atom is 0.264 e. The van der Waals surface area contributed by atoms with Crippen molar-refractivity contribution in [3.63, 3.8) is 0 Å². The summed E-state index contributed by atoms with van der Waals surface area (Å²) in [6.07, 6.45) is -0.834. The van der Waals surface area contributed by atoms with Crippen molar-refractivity contribution >= 4 is 6.21 Å². The van der Waals surface area contributed by atoms with Crippen LogP contribution in [0.25, 0.3) is 0 Å². The van der Waals surface area contributed by atoms with E-state index in [0.717, 1.165) is 0 Å². The van der Waals surface area contributed by atoms with Crippen LogP contribution in [0, 0.1) is 5.41 Å². The minimum Gasteiger partial charge on any atom is -0.391 e. The van der Waals surface area contributed by atoms with E-state index in [2.05, 4.69) is 5.16 Å². The van der Waals surface area contributed by atoms with Crippen molar-refractivity contribution in [2.45, 2.75) is 33.8 Å². The lowest BCUT2D eigenvalue weighted by atomic mass is 10.00. The molecule has 0 atom stereocenters. The van der Waals surface area contributed by atoms with Crippen molar-refractivity contribution in [3.8, 4) is 0 Å². The fourth-order valence-electron chi connectivity index (χ4n) is 1.18. The molecule has 1 rings (SSSR count). The number of oxime groups is 1. The normalized spacial score (nSPS) is 12.4. The van der Waals surface area contributed by atoms with Gasteiger partial charge in [0.1, 0.15) is 6.61 Å². The Bertz CT molecular complexity index is 383. The molecule has 0 radical (unpaired) electrons. The van der Waals surface area contributed by atoms with Crippen LogP contribution in [0.5, 0.6) is 0 Å². The van der Waals surface area contributed by atoms with E-state index in [1.807, 2.05) is 20.8 Å². The Morgan fingerprint density at radius 3 is 2.53 bits per heavy atom. The van der Waals surface area contributed by atoms with Gasteiger partial charge in [0.15, 0.2) is 0 Å². The third-order valence-corrected chi connectivity index (χ3v) is 2.02. The number of nitrogens with zero attached hydrogens (tertiary/aromatic N) is 1. The highest BCUT2D eigenvalue weighted by Crippen LogP contribution is 2.23. The van der Waals surface area contributed by atoms with Gasteiger partial charge >= 0.3 is 0 Å². The first-order valence-electron chi connectivity index (χ1n) is 5.42. The van der Waals surface area contributed by atoms with Gasteiger partial charge in [-0.25, -0.2) is 8.78 Å². The zero-order valence-corrected chi connectivity index (χ0v) is 10.3. The molecule has 0 spiro atoms. The number of alkyl halides is 2. The van der Waals surface area contributed by atoms with Crippen molar-refractivity contribution in [1.29, 1.82) is 0 Å². The molecule has 94 valence electrons. The van der Waals surface area contributed by atoms with Gasteiger partial charge in [0.2, 0.25) is 0 Å². The van der Waals surface area contributed by atoms with Crippen molar-refractivity contribution in [2.75, 3.05) is 0 Å². The van der Waals surface area contributed by atoms with Crippen LogP contribution in [-0.4, -0.2) is 6.21 Å². The summed E-state index contributed by atoms with van der Waals surface area (Å²) >= 11 is 0. The quantitative estimate of drug-likeness (QED) is 0.572. The summed E-state index contributed by atoms with van der Waals surface area (Å²) in [5.41, 5.74) is 0.384. The van der Waals surface area contributed by atoms with Crippen LogP contribution in [0.1, 0.15) is 38.3 Å². The monoisotopic (exact) mass is 241 g/mol. The summed E-state index contributed by atoms with van der Waals surface area (Å²) in [4.78, 5) is 5.02. The van der Waals surface area contributed by atoms with Gasteiger partial charge in [0.25, 0.3) is 6.43 Å². The standard InChI is InChI=1S/C13H17F2NO/c1-13(2,3)9-16-17-8-10-6-4-5-7-11(10)12(14)15/h4-7,9,12H,8H2,1-3H3. The highest BCUT2D eigenvalue weighted by molar-refractivity contribution is 5.63. The molecule has 1 aromatic rings. The number of halogens is 2.